The van der Waals surface area contributed by atoms with Gasteiger partial charge in [-0.05, 0) is 89.7 Å². The van der Waals surface area contributed by atoms with Gasteiger partial charge < -0.3 is 4.42 Å². The Morgan fingerprint density at radius 3 is 1.89 bits per heavy atom. The molecule has 262 valence electrons. The quantitative estimate of drug-likeness (QED) is 0.172. The van der Waals surface area contributed by atoms with Crippen molar-refractivity contribution in [2.24, 2.45) is 0 Å². The van der Waals surface area contributed by atoms with Crippen LogP contribution in [0.15, 0.2) is 156 Å². The van der Waals surface area contributed by atoms with Gasteiger partial charge in [-0.3, -0.25) is 0 Å². The minimum Gasteiger partial charge on any atom is -0.456 e. The number of fused-ring (bicyclic) bond motifs is 11. The number of rotatable bonds is 3. The lowest BCUT2D eigenvalue weighted by Gasteiger charge is -2.48. The van der Waals surface area contributed by atoms with E-state index >= 15 is 0 Å². The first-order valence-electron chi connectivity index (χ1n) is 19.0. The number of hydrogen-bond donors (Lipinski definition) is 0. The molecule has 11 rings (SSSR count). The summed E-state index contributed by atoms with van der Waals surface area (Å²) in [4.78, 5) is 15.6. The molecule has 0 saturated carbocycles. The molecule has 0 spiro atoms. The van der Waals surface area contributed by atoms with E-state index in [-0.39, 0.29) is 10.8 Å². The predicted molar refractivity (Wildman–Crippen MR) is 227 cm³/mol. The molecule has 0 bridgehead atoms. The third-order valence-corrected chi connectivity index (χ3v) is 12.7. The van der Waals surface area contributed by atoms with Crippen molar-refractivity contribution in [1.29, 1.82) is 0 Å². The lowest BCUT2D eigenvalue weighted by atomic mass is 9.55. The third kappa shape index (κ3) is 4.55. The van der Waals surface area contributed by atoms with E-state index < -0.39 is 0 Å². The Morgan fingerprint density at radius 2 is 1.04 bits per heavy atom. The summed E-state index contributed by atoms with van der Waals surface area (Å²) in [6.45, 7) is 9.63. The van der Waals surface area contributed by atoms with E-state index in [2.05, 4.69) is 131 Å². The molecule has 0 fully saturated rings. The molecule has 8 aromatic carbocycles. The molecule has 55 heavy (non-hydrogen) atoms. The molecule has 0 aliphatic heterocycles. The SMILES string of the molecule is CC1(C)c2cc3ccc4c(-c5nc(-c6ccccc6)nc(-c6cccc7oc8ccccc8c67)n5)cccc4c3cc2-c2c(ccc3ccccc23)C1(C)C. The molecule has 0 N–H and O–H groups in total. The minimum absolute atomic E-state index is 0.0724. The topological polar surface area (TPSA) is 51.8 Å². The van der Waals surface area contributed by atoms with Crippen molar-refractivity contribution in [1.82, 2.24) is 15.0 Å². The van der Waals surface area contributed by atoms with E-state index in [9.17, 15) is 0 Å². The summed E-state index contributed by atoms with van der Waals surface area (Å²) in [6.07, 6.45) is 0. The summed E-state index contributed by atoms with van der Waals surface area (Å²) in [7, 11) is 0. The first kappa shape index (κ1) is 31.8. The Balaban J connectivity index is 1.17. The Labute approximate surface area is 319 Å². The lowest BCUT2D eigenvalue weighted by molar-refractivity contribution is 0.299. The summed E-state index contributed by atoms with van der Waals surface area (Å²) in [5, 5.41) is 9.34. The monoisotopic (exact) mass is 707 g/mol. The van der Waals surface area contributed by atoms with Crippen molar-refractivity contribution in [2.45, 2.75) is 38.5 Å². The molecule has 4 nitrogen and oxygen atoms in total. The van der Waals surface area contributed by atoms with Crippen LogP contribution in [-0.4, -0.2) is 15.0 Å². The largest absolute Gasteiger partial charge is 0.456 e. The molecule has 1 aliphatic rings. The van der Waals surface area contributed by atoms with E-state index in [0.717, 1.165) is 44.0 Å². The van der Waals surface area contributed by atoms with Gasteiger partial charge >= 0.3 is 0 Å². The van der Waals surface area contributed by atoms with Gasteiger partial charge in [0.2, 0.25) is 0 Å². The lowest BCUT2D eigenvalue weighted by Crippen LogP contribution is -2.43. The fourth-order valence-electron chi connectivity index (χ4n) is 9.11. The highest BCUT2D eigenvalue weighted by Crippen LogP contribution is 2.56. The van der Waals surface area contributed by atoms with Crippen LogP contribution in [0.2, 0.25) is 0 Å². The molecule has 0 unspecified atom stereocenters. The second-order valence-corrected chi connectivity index (χ2v) is 16.0. The molecule has 1 aliphatic carbocycles. The van der Waals surface area contributed by atoms with Crippen LogP contribution in [-0.2, 0) is 10.8 Å². The van der Waals surface area contributed by atoms with E-state index in [1.165, 1.54) is 49.2 Å². The van der Waals surface area contributed by atoms with Crippen molar-refractivity contribution >= 4 is 54.3 Å². The summed E-state index contributed by atoms with van der Waals surface area (Å²) in [5.74, 6) is 1.88. The fourth-order valence-corrected chi connectivity index (χ4v) is 9.11. The molecular weight excluding hydrogens is 671 g/mol. The Hall–Kier alpha value is -6.65. The van der Waals surface area contributed by atoms with Crippen molar-refractivity contribution in [3.8, 4) is 45.3 Å². The highest BCUT2D eigenvalue weighted by molar-refractivity contribution is 6.15. The molecule has 4 heteroatoms. The first-order valence-corrected chi connectivity index (χ1v) is 19.0. The maximum atomic E-state index is 6.28. The number of aromatic nitrogens is 3. The van der Waals surface area contributed by atoms with Gasteiger partial charge in [0.25, 0.3) is 0 Å². The van der Waals surface area contributed by atoms with Gasteiger partial charge in [0.1, 0.15) is 11.2 Å². The van der Waals surface area contributed by atoms with Gasteiger partial charge in [0.05, 0.1) is 0 Å². The zero-order chi connectivity index (χ0) is 37.1. The average Bonchev–Trinajstić information content (AvgIpc) is 3.61. The zero-order valence-electron chi connectivity index (χ0n) is 31.2. The molecule has 2 aromatic heterocycles. The van der Waals surface area contributed by atoms with Crippen LogP contribution in [0, 0.1) is 0 Å². The number of hydrogen-bond acceptors (Lipinski definition) is 4. The smallest absolute Gasteiger partial charge is 0.164 e. The van der Waals surface area contributed by atoms with Crippen LogP contribution in [0.1, 0.15) is 38.8 Å². The second-order valence-electron chi connectivity index (χ2n) is 16.0. The Kier molecular flexibility index (Phi) is 6.61. The normalized spacial score (nSPS) is 14.5. The van der Waals surface area contributed by atoms with Gasteiger partial charge in [-0.15, -0.1) is 0 Å². The third-order valence-electron chi connectivity index (χ3n) is 12.7. The van der Waals surface area contributed by atoms with E-state index in [1.54, 1.807) is 0 Å². The average molecular weight is 708 g/mol. The summed E-state index contributed by atoms with van der Waals surface area (Å²) in [6, 6.07) is 53.9. The van der Waals surface area contributed by atoms with Crippen LogP contribution in [0.3, 0.4) is 0 Å². The number of para-hydroxylation sites is 1. The van der Waals surface area contributed by atoms with Crippen molar-refractivity contribution in [3.05, 3.63) is 163 Å². The molecule has 0 amide bonds. The van der Waals surface area contributed by atoms with Crippen LogP contribution in [0.25, 0.3) is 99.5 Å². The maximum Gasteiger partial charge on any atom is 0.164 e. The molecule has 0 radical (unpaired) electrons. The van der Waals surface area contributed by atoms with Crippen molar-refractivity contribution < 1.29 is 4.42 Å². The van der Waals surface area contributed by atoms with E-state index in [0.29, 0.717) is 17.5 Å². The first-order chi connectivity index (χ1) is 26.8. The van der Waals surface area contributed by atoms with Gasteiger partial charge in [0, 0.05) is 27.5 Å². The maximum absolute atomic E-state index is 6.28. The molecular formula is C51H37N3O. The summed E-state index contributed by atoms with van der Waals surface area (Å²) < 4.78 is 6.28. The van der Waals surface area contributed by atoms with Crippen molar-refractivity contribution in [3.63, 3.8) is 0 Å². The Morgan fingerprint density at radius 1 is 0.400 bits per heavy atom. The number of furan rings is 1. The number of nitrogens with zero attached hydrogens (tertiary/aromatic N) is 3. The highest BCUT2D eigenvalue weighted by Gasteiger charge is 2.46. The van der Waals surface area contributed by atoms with Crippen LogP contribution < -0.4 is 0 Å². The molecule has 0 atom stereocenters. The molecule has 0 saturated heterocycles. The van der Waals surface area contributed by atoms with Crippen LogP contribution >= 0.6 is 0 Å². The Bertz CT molecular complexity index is 3210. The van der Waals surface area contributed by atoms with Gasteiger partial charge in [-0.1, -0.05) is 155 Å². The summed E-state index contributed by atoms with van der Waals surface area (Å²) >= 11 is 0. The van der Waals surface area contributed by atoms with E-state index in [1.807, 2.05) is 48.5 Å². The van der Waals surface area contributed by atoms with Gasteiger partial charge in [0.15, 0.2) is 17.5 Å². The van der Waals surface area contributed by atoms with Crippen LogP contribution in [0.5, 0.6) is 0 Å². The number of benzene rings is 8. The summed E-state index contributed by atoms with van der Waals surface area (Å²) in [5.41, 5.74) is 9.75. The fraction of sp³-hybridized carbons (Fsp3) is 0.118. The second kappa shape index (κ2) is 11.4. The van der Waals surface area contributed by atoms with Crippen LogP contribution in [0.4, 0.5) is 0 Å². The predicted octanol–water partition coefficient (Wildman–Crippen LogP) is 13.5. The van der Waals surface area contributed by atoms with Crippen molar-refractivity contribution in [2.75, 3.05) is 0 Å². The molecule has 10 aromatic rings. The van der Waals surface area contributed by atoms with Gasteiger partial charge in [-0.2, -0.15) is 0 Å². The molecule has 2 heterocycles. The zero-order valence-corrected chi connectivity index (χ0v) is 31.2. The van der Waals surface area contributed by atoms with E-state index in [4.69, 9.17) is 19.4 Å². The minimum atomic E-state index is -0.0962. The highest BCUT2D eigenvalue weighted by atomic mass is 16.3. The van der Waals surface area contributed by atoms with Gasteiger partial charge in [-0.25, -0.2) is 15.0 Å². The standard InChI is InChI=1S/C51H37N3O/c1-50(2)41-27-25-30-14-8-9-17-33(30)45(41)40-29-39-32(28-42(40)51(50,3)4)24-26-35-34(39)19-12-20-36(35)48-52-47(31-15-6-5-7-16-31)53-49(54-48)38-21-13-23-44-46(38)37-18-10-11-22-43(37)55-44/h5-29H,1-4H3.